The zero-order chi connectivity index (χ0) is 9.61. The number of rotatable bonds is 5. The van der Waals surface area contributed by atoms with Crippen LogP contribution in [0.15, 0.2) is 0 Å². The first kappa shape index (κ1) is 11.4. The summed E-state index contributed by atoms with van der Waals surface area (Å²) in [5, 5.41) is 8.85. The van der Waals surface area contributed by atoms with Crippen LogP contribution in [0.1, 0.15) is 33.6 Å². The molecule has 0 aromatic carbocycles. The normalized spacial score (nSPS) is 11.3. The Morgan fingerprint density at radius 1 is 1.50 bits per heavy atom. The number of hydrogen-bond acceptors (Lipinski definition) is 3. The SMILES string of the molecule is CCCC(=O)OCC(C)(C)CO. The van der Waals surface area contributed by atoms with Crippen LogP contribution in [0.5, 0.6) is 0 Å². The molecule has 0 radical (unpaired) electrons. The van der Waals surface area contributed by atoms with Crippen molar-refractivity contribution in [3.63, 3.8) is 0 Å². The smallest absolute Gasteiger partial charge is 0.305 e. The van der Waals surface area contributed by atoms with E-state index in [2.05, 4.69) is 0 Å². The maximum absolute atomic E-state index is 10.9. The van der Waals surface area contributed by atoms with E-state index in [0.29, 0.717) is 13.0 Å². The first-order valence-corrected chi connectivity index (χ1v) is 4.28. The highest BCUT2D eigenvalue weighted by atomic mass is 16.5. The molecular formula is C9H18O3. The first-order chi connectivity index (χ1) is 5.52. The minimum atomic E-state index is -0.316. The summed E-state index contributed by atoms with van der Waals surface area (Å²) in [6, 6.07) is 0. The van der Waals surface area contributed by atoms with E-state index in [1.807, 2.05) is 20.8 Å². The van der Waals surface area contributed by atoms with Gasteiger partial charge in [-0.15, -0.1) is 0 Å². The molecule has 3 nitrogen and oxygen atoms in total. The average molecular weight is 174 g/mol. The van der Waals surface area contributed by atoms with Crippen molar-refractivity contribution in [1.82, 2.24) is 0 Å². The molecule has 0 saturated carbocycles. The number of hydrogen-bond donors (Lipinski definition) is 1. The molecule has 0 atom stereocenters. The van der Waals surface area contributed by atoms with E-state index in [1.165, 1.54) is 0 Å². The number of ether oxygens (including phenoxy) is 1. The van der Waals surface area contributed by atoms with Crippen LogP contribution < -0.4 is 0 Å². The lowest BCUT2D eigenvalue weighted by atomic mass is 9.97. The van der Waals surface area contributed by atoms with Crippen molar-refractivity contribution >= 4 is 5.97 Å². The van der Waals surface area contributed by atoms with Gasteiger partial charge in [0, 0.05) is 11.8 Å². The summed E-state index contributed by atoms with van der Waals surface area (Å²) in [6.45, 7) is 5.96. The van der Waals surface area contributed by atoms with Crippen LogP contribution in [0.25, 0.3) is 0 Å². The van der Waals surface area contributed by atoms with Gasteiger partial charge in [-0.1, -0.05) is 20.8 Å². The first-order valence-electron chi connectivity index (χ1n) is 4.28. The van der Waals surface area contributed by atoms with Crippen molar-refractivity contribution < 1.29 is 14.6 Å². The Labute approximate surface area is 73.7 Å². The number of carbonyl (C=O) groups excluding carboxylic acids is 1. The van der Waals surface area contributed by atoms with Gasteiger partial charge in [0.2, 0.25) is 0 Å². The van der Waals surface area contributed by atoms with Crippen molar-refractivity contribution in [2.45, 2.75) is 33.6 Å². The van der Waals surface area contributed by atoms with Gasteiger partial charge in [-0.3, -0.25) is 4.79 Å². The molecule has 0 aromatic rings. The molecule has 0 rings (SSSR count). The Morgan fingerprint density at radius 2 is 2.08 bits per heavy atom. The fourth-order valence-corrected chi connectivity index (χ4v) is 0.598. The molecule has 0 unspecified atom stereocenters. The third kappa shape index (κ3) is 5.13. The summed E-state index contributed by atoms with van der Waals surface area (Å²) in [5.41, 5.74) is -0.316. The largest absolute Gasteiger partial charge is 0.465 e. The fraction of sp³-hybridized carbons (Fsp3) is 0.889. The summed E-state index contributed by atoms with van der Waals surface area (Å²) in [6.07, 6.45) is 1.26. The molecule has 0 heterocycles. The molecule has 0 spiro atoms. The molecule has 72 valence electrons. The van der Waals surface area contributed by atoms with Crippen molar-refractivity contribution in [3.05, 3.63) is 0 Å². The van der Waals surface area contributed by atoms with E-state index < -0.39 is 0 Å². The van der Waals surface area contributed by atoms with Gasteiger partial charge in [-0.25, -0.2) is 0 Å². The number of esters is 1. The fourth-order valence-electron chi connectivity index (χ4n) is 0.598. The highest BCUT2D eigenvalue weighted by molar-refractivity contribution is 5.69. The van der Waals surface area contributed by atoms with Gasteiger partial charge in [0.25, 0.3) is 0 Å². The molecule has 0 aromatic heterocycles. The molecular weight excluding hydrogens is 156 g/mol. The van der Waals surface area contributed by atoms with Crippen molar-refractivity contribution in [2.24, 2.45) is 5.41 Å². The molecule has 0 aliphatic rings. The predicted molar refractivity (Wildman–Crippen MR) is 46.7 cm³/mol. The third-order valence-electron chi connectivity index (χ3n) is 1.51. The van der Waals surface area contributed by atoms with Gasteiger partial charge in [-0.2, -0.15) is 0 Å². The van der Waals surface area contributed by atoms with Gasteiger partial charge in [0.05, 0.1) is 13.2 Å². The van der Waals surface area contributed by atoms with Crippen LogP contribution in [-0.2, 0) is 9.53 Å². The minimum Gasteiger partial charge on any atom is -0.465 e. The van der Waals surface area contributed by atoms with E-state index in [4.69, 9.17) is 9.84 Å². The molecule has 0 aliphatic carbocycles. The quantitative estimate of drug-likeness (QED) is 0.640. The maximum Gasteiger partial charge on any atom is 0.305 e. The molecule has 0 fully saturated rings. The van der Waals surface area contributed by atoms with Crippen LogP contribution in [0, 0.1) is 5.41 Å². The Hall–Kier alpha value is -0.570. The lowest BCUT2D eigenvalue weighted by Gasteiger charge is -2.20. The maximum atomic E-state index is 10.9. The standard InChI is InChI=1S/C9H18O3/c1-4-5-8(11)12-7-9(2,3)6-10/h10H,4-7H2,1-3H3. The van der Waals surface area contributed by atoms with E-state index in [0.717, 1.165) is 6.42 Å². The summed E-state index contributed by atoms with van der Waals surface area (Å²) in [7, 11) is 0. The van der Waals surface area contributed by atoms with Gasteiger partial charge < -0.3 is 9.84 Å². The topological polar surface area (TPSA) is 46.5 Å². The number of aliphatic hydroxyl groups is 1. The van der Waals surface area contributed by atoms with Crippen LogP contribution in [-0.4, -0.2) is 24.3 Å². The minimum absolute atomic E-state index is 0.0341. The van der Waals surface area contributed by atoms with Gasteiger partial charge in [0.15, 0.2) is 0 Å². The molecule has 3 heteroatoms. The van der Waals surface area contributed by atoms with Crippen LogP contribution in [0.2, 0.25) is 0 Å². The van der Waals surface area contributed by atoms with Crippen molar-refractivity contribution in [3.8, 4) is 0 Å². The Bertz CT molecular complexity index is 141. The van der Waals surface area contributed by atoms with Crippen LogP contribution in [0.4, 0.5) is 0 Å². The zero-order valence-corrected chi connectivity index (χ0v) is 8.09. The van der Waals surface area contributed by atoms with Crippen molar-refractivity contribution in [1.29, 1.82) is 0 Å². The third-order valence-corrected chi connectivity index (χ3v) is 1.51. The Balaban J connectivity index is 3.60. The van der Waals surface area contributed by atoms with Crippen molar-refractivity contribution in [2.75, 3.05) is 13.2 Å². The van der Waals surface area contributed by atoms with E-state index >= 15 is 0 Å². The molecule has 0 bridgehead atoms. The molecule has 0 amide bonds. The average Bonchev–Trinajstić information content (AvgIpc) is 2.02. The second-order valence-corrected chi connectivity index (χ2v) is 3.73. The molecule has 1 N–H and O–H groups in total. The lowest BCUT2D eigenvalue weighted by Crippen LogP contribution is -2.25. The Kier molecular flexibility index (Phi) is 4.90. The summed E-state index contributed by atoms with van der Waals surface area (Å²) in [5.74, 6) is -0.181. The summed E-state index contributed by atoms with van der Waals surface area (Å²) in [4.78, 5) is 10.9. The molecule has 0 saturated heterocycles. The number of aliphatic hydroxyl groups excluding tert-OH is 1. The van der Waals surface area contributed by atoms with Crippen LogP contribution >= 0.6 is 0 Å². The predicted octanol–water partition coefficient (Wildman–Crippen LogP) is 1.35. The zero-order valence-electron chi connectivity index (χ0n) is 8.09. The van der Waals surface area contributed by atoms with E-state index in [1.54, 1.807) is 0 Å². The monoisotopic (exact) mass is 174 g/mol. The Morgan fingerprint density at radius 3 is 2.50 bits per heavy atom. The molecule has 0 aliphatic heterocycles. The molecule has 12 heavy (non-hydrogen) atoms. The second-order valence-electron chi connectivity index (χ2n) is 3.73. The van der Waals surface area contributed by atoms with E-state index in [-0.39, 0.29) is 18.0 Å². The summed E-state index contributed by atoms with van der Waals surface area (Å²) >= 11 is 0. The second kappa shape index (κ2) is 5.14. The van der Waals surface area contributed by atoms with Gasteiger partial charge in [-0.05, 0) is 6.42 Å². The number of carbonyl (C=O) groups is 1. The highest BCUT2D eigenvalue weighted by Crippen LogP contribution is 2.13. The van der Waals surface area contributed by atoms with Gasteiger partial charge in [0.1, 0.15) is 0 Å². The van der Waals surface area contributed by atoms with E-state index in [9.17, 15) is 4.79 Å². The highest BCUT2D eigenvalue weighted by Gasteiger charge is 2.18. The summed E-state index contributed by atoms with van der Waals surface area (Å²) < 4.78 is 4.94. The van der Waals surface area contributed by atoms with Crippen LogP contribution in [0.3, 0.4) is 0 Å². The van der Waals surface area contributed by atoms with Gasteiger partial charge >= 0.3 is 5.97 Å². The lowest BCUT2D eigenvalue weighted by molar-refractivity contribution is -0.147.